The fourth-order valence-corrected chi connectivity index (χ4v) is 3.35. The number of carbonyl (C=O) groups is 3. The van der Waals surface area contributed by atoms with E-state index in [1.165, 1.54) is 18.2 Å². The zero-order chi connectivity index (χ0) is 18.3. The monoisotopic (exact) mass is 407 g/mol. The average molecular weight is 408 g/mol. The third-order valence-corrected chi connectivity index (χ3v) is 4.80. The van der Waals surface area contributed by atoms with Crippen LogP contribution in [0, 0.1) is 5.41 Å². The van der Waals surface area contributed by atoms with Crippen LogP contribution in [-0.4, -0.2) is 50.8 Å². The van der Waals surface area contributed by atoms with Crippen LogP contribution in [0.25, 0.3) is 0 Å². The van der Waals surface area contributed by atoms with E-state index in [1.54, 1.807) is 0 Å². The highest BCUT2D eigenvalue weighted by atomic mass is 79.9. The minimum atomic E-state index is -4.00. The van der Waals surface area contributed by atoms with Gasteiger partial charge in [-0.1, -0.05) is 34.1 Å². The van der Waals surface area contributed by atoms with E-state index in [4.69, 9.17) is 10.2 Å². The minimum absolute atomic E-state index is 0.0590. The van der Waals surface area contributed by atoms with Gasteiger partial charge >= 0.3 is 18.0 Å². The van der Waals surface area contributed by atoms with Gasteiger partial charge in [0.2, 0.25) is 0 Å². The molecule has 1 aliphatic rings. The molecule has 1 aromatic rings. The maximum atomic E-state index is 15.1. The van der Waals surface area contributed by atoms with Gasteiger partial charge in [-0.3, -0.25) is 9.69 Å². The summed E-state index contributed by atoms with van der Waals surface area (Å²) in [4.78, 5) is 34.3. The van der Waals surface area contributed by atoms with Crippen LogP contribution in [0.5, 0.6) is 0 Å². The molecular weight excluding hydrogens is 396 g/mol. The van der Waals surface area contributed by atoms with E-state index in [9.17, 15) is 19.5 Å². The largest absolute Gasteiger partial charge is 0.481 e. The first-order valence-electron chi connectivity index (χ1n) is 6.63. The van der Waals surface area contributed by atoms with E-state index in [0.717, 1.165) is 6.07 Å². The Balaban J connectivity index is 2.61. The molecule has 1 heterocycles. The Bertz CT molecular complexity index is 688. The van der Waals surface area contributed by atoms with Gasteiger partial charge in [-0.2, -0.15) is 8.78 Å². The molecule has 2 rings (SSSR count). The second kappa shape index (κ2) is 6.00. The molecule has 0 bridgehead atoms. The maximum absolute atomic E-state index is 15.1. The summed E-state index contributed by atoms with van der Waals surface area (Å²) in [6, 6.07) is 3.16. The molecule has 1 amide bonds. The molecule has 0 saturated carbocycles. The number of aliphatic carboxylic acids is 2. The number of hydrogen-bond donors (Lipinski definition) is 3. The summed E-state index contributed by atoms with van der Waals surface area (Å²) in [6.07, 6.45) is -2.81. The Kier molecular flexibility index (Phi) is 4.53. The highest BCUT2D eigenvalue weighted by molar-refractivity contribution is 9.10. The van der Waals surface area contributed by atoms with Crippen molar-refractivity contribution in [2.45, 2.75) is 18.4 Å². The highest BCUT2D eigenvalue weighted by Crippen LogP contribution is 2.54. The molecule has 1 fully saturated rings. The standard InChI is InChI=1S/C14H12BrF2NO6/c15-8-4-2-1-3-7(8)14(16,17)13(11(21)22)5-9(10(19)20)18(6-13)12(23)24/h1-4,9H,5-6H2,(H,19,20)(H,21,22)(H,23,24)/t9-,13+/m0/s1. The van der Waals surface area contributed by atoms with Crippen molar-refractivity contribution >= 4 is 34.0 Å². The molecule has 0 spiro atoms. The number of carboxylic acid groups (broad SMARTS) is 3. The van der Waals surface area contributed by atoms with Crippen molar-refractivity contribution in [3.63, 3.8) is 0 Å². The molecule has 7 nitrogen and oxygen atoms in total. The molecular formula is C14H12BrF2NO6. The van der Waals surface area contributed by atoms with Crippen LogP contribution in [0.4, 0.5) is 13.6 Å². The van der Waals surface area contributed by atoms with Crippen molar-refractivity contribution in [1.29, 1.82) is 0 Å². The SMILES string of the molecule is O=C(O)[C@@H]1C[C@@](C(=O)O)(C(F)(F)c2ccccc2Br)CN1C(=O)O. The number of likely N-dealkylation sites (tertiary alicyclic amines) is 1. The van der Waals surface area contributed by atoms with Crippen LogP contribution in [0.15, 0.2) is 28.7 Å². The first kappa shape index (κ1) is 18.1. The van der Waals surface area contributed by atoms with Gasteiger partial charge in [0.15, 0.2) is 5.41 Å². The van der Waals surface area contributed by atoms with Crippen molar-refractivity contribution in [3.8, 4) is 0 Å². The molecule has 0 aliphatic carbocycles. The van der Waals surface area contributed by atoms with Crippen molar-refractivity contribution in [3.05, 3.63) is 34.3 Å². The Morgan fingerprint density at radius 2 is 1.79 bits per heavy atom. The van der Waals surface area contributed by atoms with Crippen LogP contribution in [0.1, 0.15) is 12.0 Å². The summed E-state index contributed by atoms with van der Waals surface area (Å²) in [5.41, 5.74) is -3.54. The second-order valence-corrected chi connectivity index (χ2v) is 6.26. The number of rotatable bonds is 4. The summed E-state index contributed by atoms with van der Waals surface area (Å²) in [6.45, 7) is -1.14. The van der Waals surface area contributed by atoms with E-state index in [-0.39, 0.29) is 9.37 Å². The van der Waals surface area contributed by atoms with Gasteiger partial charge < -0.3 is 15.3 Å². The third-order valence-electron chi connectivity index (χ3n) is 4.11. The number of halogens is 3. The first-order valence-corrected chi connectivity index (χ1v) is 7.42. The predicted molar refractivity (Wildman–Crippen MR) is 78.9 cm³/mol. The molecule has 0 radical (unpaired) electrons. The molecule has 130 valence electrons. The molecule has 10 heteroatoms. The summed E-state index contributed by atoms with van der Waals surface area (Å²) >= 11 is 2.92. The number of benzene rings is 1. The summed E-state index contributed by atoms with van der Waals surface area (Å²) in [7, 11) is 0. The van der Waals surface area contributed by atoms with Gasteiger partial charge in [-0.05, 0) is 6.07 Å². The van der Waals surface area contributed by atoms with Crippen molar-refractivity contribution in [2.24, 2.45) is 5.41 Å². The number of carboxylic acids is 2. The molecule has 3 N–H and O–H groups in total. The molecule has 1 saturated heterocycles. The topological polar surface area (TPSA) is 115 Å². The average Bonchev–Trinajstić information content (AvgIpc) is 2.90. The van der Waals surface area contributed by atoms with Crippen LogP contribution < -0.4 is 0 Å². The van der Waals surface area contributed by atoms with Crippen LogP contribution in [0.3, 0.4) is 0 Å². The van der Waals surface area contributed by atoms with E-state index < -0.39 is 53.9 Å². The van der Waals surface area contributed by atoms with Gasteiger partial charge in [-0.15, -0.1) is 0 Å². The molecule has 1 aliphatic heterocycles. The fourth-order valence-electron chi connectivity index (χ4n) is 2.82. The van der Waals surface area contributed by atoms with Crippen molar-refractivity contribution in [1.82, 2.24) is 4.90 Å². The van der Waals surface area contributed by atoms with E-state index >= 15 is 8.78 Å². The lowest BCUT2D eigenvalue weighted by Crippen LogP contribution is -2.48. The van der Waals surface area contributed by atoms with Gasteiger partial charge in [0.05, 0.1) is 0 Å². The maximum Gasteiger partial charge on any atom is 0.408 e. The summed E-state index contributed by atoms with van der Waals surface area (Å²) in [5, 5.41) is 27.6. The van der Waals surface area contributed by atoms with Crippen LogP contribution in [-0.2, 0) is 15.5 Å². The third kappa shape index (κ3) is 2.60. The lowest BCUT2D eigenvalue weighted by Gasteiger charge is -2.33. The lowest BCUT2D eigenvalue weighted by atomic mass is 9.76. The van der Waals surface area contributed by atoms with E-state index in [1.807, 2.05) is 0 Å². The Morgan fingerprint density at radius 3 is 2.21 bits per heavy atom. The number of alkyl halides is 2. The van der Waals surface area contributed by atoms with E-state index in [2.05, 4.69) is 15.9 Å². The summed E-state index contributed by atoms with van der Waals surface area (Å²) in [5.74, 6) is -7.64. The number of hydrogen-bond acceptors (Lipinski definition) is 3. The zero-order valence-electron chi connectivity index (χ0n) is 11.9. The second-order valence-electron chi connectivity index (χ2n) is 5.41. The van der Waals surface area contributed by atoms with Crippen LogP contribution in [0.2, 0.25) is 0 Å². The number of nitrogens with zero attached hydrogens (tertiary/aromatic N) is 1. The summed E-state index contributed by atoms with van der Waals surface area (Å²) < 4.78 is 30.1. The van der Waals surface area contributed by atoms with Crippen LogP contribution >= 0.6 is 15.9 Å². The van der Waals surface area contributed by atoms with Crippen molar-refractivity contribution in [2.75, 3.05) is 6.54 Å². The Morgan fingerprint density at radius 1 is 1.21 bits per heavy atom. The van der Waals surface area contributed by atoms with Gasteiger partial charge in [0, 0.05) is 23.0 Å². The quantitative estimate of drug-likeness (QED) is 0.705. The number of amides is 1. The smallest absolute Gasteiger partial charge is 0.408 e. The zero-order valence-corrected chi connectivity index (χ0v) is 13.5. The normalized spacial score (nSPS) is 24.0. The minimum Gasteiger partial charge on any atom is -0.481 e. The van der Waals surface area contributed by atoms with Gasteiger partial charge in [0.25, 0.3) is 5.92 Å². The Labute approximate surface area is 142 Å². The molecule has 1 aromatic carbocycles. The fraction of sp³-hybridized carbons (Fsp3) is 0.357. The van der Waals surface area contributed by atoms with E-state index in [0.29, 0.717) is 0 Å². The molecule has 24 heavy (non-hydrogen) atoms. The first-order chi connectivity index (χ1) is 11.0. The van der Waals surface area contributed by atoms with Gasteiger partial charge in [0.1, 0.15) is 6.04 Å². The predicted octanol–water partition coefficient (Wildman–Crippen LogP) is 2.45. The lowest BCUT2D eigenvalue weighted by molar-refractivity contribution is -0.180. The Hall–Kier alpha value is -2.23. The highest BCUT2D eigenvalue weighted by Gasteiger charge is 2.67. The molecule has 0 unspecified atom stereocenters. The van der Waals surface area contributed by atoms with Gasteiger partial charge in [-0.25, -0.2) is 9.59 Å². The molecule has 0 aromatic heterocycles. The molecule has 2 atom stereocenters. The van der Waals surface area contributed by atoms with Crippen molar-refractivity contribution < 1.29 is 38.5 Å².